The zero-order chi connectivity index (χ0) is 17.5. The summed E-state index contributed by atoms with van der Waals surface area (Å²) in [4.78, 5) is 12.5. The lowest BCUT2D eigenvalue weighted by atomic mass is 10.1. The minimum Gasteiger partial charge on any atom is -0.494 e. The number of carbonyl (C=O) groups excluding carboxylic acids is 1. The Bertz CT molecular complexity index is 718. The van der Waals surface area contributed by atoms with Gasteiger partial charge in [-0.2, -0.15) is 0 Å². The van der Waals surface area contributed by atoms with E-state index in [9.17, 15) is 4.79 Å². The van der Waals surface area contributed by atoms with Crippen LogP contribution in [0.4, 0.5) is 0 Å². The Balaban J connectivity index is 2.11. The van der Waals surface area contributed by atoms with Gasteiger partial charge in [-0.15, -0.1) is 0 Å². The van der Waals surface area contributed by atoms with Crippen LogP contribution in [-0.2, 0) is 6.54 Å². The number of amides is 1. The molecule has 24 heavy (non-hydrogen) atoms. The molecule has 0 aliphatic carbocycles. The molecule has 1 N–H and O–H groups in total. The second-order valence-corrected chi connectivity index (χ2v) is 6.11. The zero-order valence-electron chi connectivity index (χ0n) is 13.9. The summed E-state index contributed by atoms with van der Waals surface area (Å²) in [5, 5.41) is 2.92. The van der Waals surface area contributed by atoms with Crippen molar-refractivity contribution >= 4 is 28.5 Å². The molecule has 0 aromatic heterocycles. The first-order valence-corrected chi connectivity index (χ1v) is 8.58. The SMILES string of the molecule is CCOc1cccc(CNC(=O)c2cc(OC)c(OC)cc2I)c1. The van der Waals surface area contributed by atoms with Crippen molar-refractivity contribution in [3.8, 4) is 17.2 Å². The van der Waals surface area contributed by atoms with E-state index in [1.807, 2.05) is 31.2 Å². The van der Waals surface area contributed by atoms with Crippen molar-refractivity contribution in [2.75, 3.05) is 20.8 Å². The highest BCUT2D eigenvalue weighted by Crippen LogP contribution is 2.31. The van der Waals surface area contributed by atoms with E-state index in [4.69, 9.17) is 14.2 Å². The van der Waals surface area contributed by atoms with E-state index in [1.54, 1.807) is 26.4 Å². The molecule has 128 valence electrons. The molecule has 0 bridgehead atoms. The van der Waals surface area contributed by atoms with Crippen molar-refractivity contribution in [3.05, 3.63) is 51.1 Å². The summed E-state index contributed by atoms with van der Waals surface area (Å²) < 4.78 is 16.8. The molecule has 0 heterocycles. The molecule has 0 saturated carbocycles. The first-order chi connectivity index (χ1) is 11.6. The van der Waals surface area contributed by atoms with Crippen LogP contribution in [0.3, 0.4) is 0 Å². The zero-order valence-corrected chi connectivity index (χ0v) is 16.0. The van der Waals surface area contributed by atoms with Gasteiger partial charge in [0.15, 0.2) is 11.5 Å². The number of hydrogen-bond acceptors (Lipinski definition) is 4. The standard InChI is InChI=1S/C18H20INO4/c1-4-24-13-7-5-6-12(8-13)11-20-18(21)14-9-16(22-2)17(23-3)10-15(14)19/h5-10H,4,11H2,1-3H3,(H,20,21). The maximum atomic E-state index is 12.5. The van der Waals surface area contributed by atoms with E-state index in [1.165, 1.54) is 0 Å². The van der Waals surface area contributed by atoms with E-state index >= 15 is 0 Å². The van der Waals surface area contributed by atoms with Gasteiger partial charge in [-0.25, -0.2) is 0 Å². The summed E-state index contributed by atoms with van der Waals surface area (Å²) in [7, 11) is 3.12. The van der Waals surface area contributed by atoms with Gasteiger partial charge in [-0.3, -0.25) is 4.79 Å². The fraction of sp³-hybridized carbons (Fsp3) is 0.278. The second-order valence-electron chi connectivity index (χ2n) is 4.95. The number of methoxy groups -OCH3 is 2. The van der Waals surface area contributed by atoms with Crippen LogP contribution in [0.5, 0.6) is 17.2 Å². The van der Waals surface area contributed by atoms with Crippen molar-refractivity contribution in [3.63, 3.8) is 0 Å². The summed E-state index contributed by atoms with van der Waals surface area (Å²) in [6.07, 6.45) is 0. The van der Waals surface area contributed by atoms with Gasteiger partial charge < -0.3 is 19.5 Å². The normalized spacial score (nSPS) is 10.2. The lowest BCUT2D eigenvalue weighted by Gasteiger charge is -2.12. The van der Waals surface area contributed by atoms with Crippen molar-refractivity contribution in [2.45, 2.75) is 13.5 Å². The molecule has 2 aromatic rings. The largest absolute Gasteiger partial charge is 0.494 e. The van der Waals surface area contributed by atoms with Crippen LogP contribution in [-0.4, -0.2) is 26.7 Å². The third-order valence-electron chi connectivity index (χ3n) is 3.38. The van der Waals surface area contributed by atoms with Crippen LogP contribution in [0.25, 0.3) is 0 Å². The van der Waals surface area contributed by atoms with Gasteiger partial charge in [0.25, 0.3) is 5.91 Å². The van der Waals surface area contributed by atoms with E-state index in [0.717, 1.165) is 14.9 Å². The van der Waals surface area contributed by atoms with Gasteiger partial charge in [-0.1, -0.05) is 12.1 Å². The Morgan fingerprint density at radius 2 is 1.83 bits per heavy atom. The molecular weight excluding hydrogens is 421 g/mol. The molecule has 0 unspecified atom stereocenters. The molecule has 0 atom stereocenters. The van der Waals surface area contributed by atoms with Gasteiger partial charge in [0.05, 0.1) is 26.4 Å². The second kappa shape index (κ2) is 8.77. The Morgan fingerprint density at radius 1 is 1.12 bits per heavy atom. The summed E-state index contributed by atoms with van der Waals surface area (Å²) in [5.41, 5.74) is 1.53. The molecular formula is C18H20INO4. The summed E-state index contributed by atoms with van der Waals surface area (Å²) >= 11 is 2.11. The molecule has 0 aliphatic heterocycles. The van der Waals surface area contributed by atoms with Crippen LogP contribution >= 0.6 is 22.6 Å². The maximum absolute atomic E-state index is 12.5. The van der Waals surface area contributed by atoms with Crippen LogP contribution in [0.2, 0.25) is 0 Å². The molecule has 1 amide bonds. The fourth-order valence-electron chi connectivity index (χ4n) is 2.22. The first kappa shape index (κ1) is 18.4. The predicted molar refractivity (Wildman–Crippen MR) is 101 cm³/mol. The van der Waals surface area contributed by atoms with E-state index < -0.39 is 0 Å². The van der Waals surface area contributed by atoms with Gasteiger partial charge in [0.1, 0.15) is 5.75 Å². The summed E-state index contributed by atoms with van der Waals surface area (Å²) in [6, 6.07) is 11.1. The fourth-order valence-corrected chi connectivity index (χ4v) is 2.90. The predicted octanol–water partition coefficient (Wildman–Crippen LogP) is 3.64. The van der Waals surface area contributed by atoms with Gasteiger partial charge in [-0.05, 0) is 59.3 Å². The van der Waals surface area contributed by atoms with Crippen LogP contribution in [0.1, 0.15) is 22.8 Å². The molecule has 5 nitrogen and oxygen atoms in total. The quantitative estimate of drug-likeness (QED) is 0.667. The molecule has 0 aliphatic rings. The molecule has 6 heteroatoms. The first-order valence-electron chi connectivity index (χ1n) is 7.50. The Kier molecular flexibility index (Phi) is 6.72. The lowest BCUT2D eigenvalue weighted by Crippen LogP contribution is -2.23. The third-order valence-corrected chi connectivity index (χ3v) is 4.27. The number of rotatable bonds is 7. The highest BCUT2D eigenvalue weighted by Gasteiger charge is 2.15. The Hall–Kier alpha value is -1.96. The average Bonchev–Trinajstić information content (AvgIpc) is 2.60. The Labute approximate surface area is 155 Å². The van der Waals surface area contributed by atoms with Gasteiger partial charge in [0, 0.05) is 10.1 Å². The van der Waals surface area contributed by atoms with Gasteiger partial charge >= 0.3 is 0 Å². The number of hydrogen-bond donors (Lipinski definition) is 1. The van der Waals surface area contributed by atoms with Gasteiger partial charge in [0.2, 0.25) is 0 Å². The van der Waals surface area contributed by atoms with Crippen LogP contribution < -0.4 is 19.5 Å². The number of ether oxygens (including phenoxy) is 3. The average molecular weight is 441 g/mol. The topological polar surface area (TPSA) is 56.8 Å². The smallest absolute Gasteiger partial charge is 0.252 e. The third kappa shape index (κ3) is 4.53. The number of carbonyl (C=O) groups is 1. The van der Waals surface area contributed by atoms with Crippen LogP contribution in [0.15, 0.2) is 36.4 Å². The summed E-state index contributed by atoms with van der Waals surface area (Å²) in [6.45, 7) is 2.97. The molecule has 0 fully saturated rings. The lowest BCUT2D eigenvalue weighted by molar-refractivity contribution is 0.0949. The molecule has 0 radical (unpaired) electrons. The number of benzene rings is 2. The molecule has 0 saturated heterocycles. The monoisotopic (exact) mass is 441 g/mol. The minimum atomic E-state index is -0.165. The van der Waals surface area contributed by atoms with E-state index in [2.05, 4.69) is 27.9 Å². The van der Waals surface area contributed by atoms with Crippen molar-refractivity contribution in [1.29, 1.82) is 0 Å². The molecule has 2 aromatic carbocycles. The number of halogens is 1. The maximum Gasteiger partial charge on any atom is 0.252 e. The number of nitrogens with one attached hydrogen (secondary N) is 1. The minimum absolute atomic E-state index is 0.165. The van der Waals surface area contributed by atoms with Crippen molar-refractivity contribution in [2.24, 2.45) is 0 Å². The molecule has 2 rings (SSSR count). The Morgan fingerprint density at radius 3 is 2.50 bits per heavy atom. The van der Waals surface area contributed by atoms with Crippen molar-refractivity contribution < 1.29 is 19.0 Å². The summed E-state index contributed by atoms with van der Waals surface area (Å²) in [5.74, 6) is 1.76. The highest BCUT2D eigenvalue weighted by atomic mass is 127. The highest BCUT2D eigenvalue weighted by molar-refractivity contribution is 14.1. The van der Waals surface area contributed by atoms with E-state index in [-0.39, 0.29) is 5.91 Å². The van der Waals surface area contributed by atoms with Crippen LogP contribution in [0, 0.1) is 3.57 Å². The van der Waals surface area contributed by atoms with Crippen molar-refractivity contribution in [1.82, 2.24) is 5.32 Å². The van der Waals surface area contributed by atoms with E-state index in [0.29, 0.717) is 30.2 Å². The molecule has 0 spiro atoms.